The summed E-state index contributed by atoms with van der Waals surface area (Å²) >= 11 is 6.40. The first kappa shape index (κ1) is 50.8. The molecule has 3 N–H and O–H groups in total. The normalized spacial score (nSPS) is 32.4. The zero-order valence-corrected chi connectivity index (χ0v) is 40.3. The van der Waals surface area contributed by atoms with Gasteiger partial charge in [-0.25, -0.2) is 4.79 Å². The second kappa shape index (κ2) is 20.3. The minimum atomic E-state index is -2.18. The van der Waals surface area contributed by atoms with E-state index in [9.17, 15) is 29.4 Å². The van der Waals surface area contributed by atoms with Crippen LogP contribution < -0.4 is 14.8 Å². The fourth-order valence-corrected chi connectivity index (χ4v) is 9.44. The predicted octanol–water partition coefficient (Wildman–Crippen LogP) is 6.23. The number of fused-ring (bicyclic) bond motifs is 14. The third-order valence-corrected chi connectivity index (χ3v) is 13.3. The van der Waals surface area contributed by atoms with Crippen LogP contribution in [-0.4, -0.2) is 113 Å². The summed E-state index contributed by atoms with van der Waals surface area (Å²) in [5.41, 5.74) is -1.84. The van der Waals surface area contributed by atoms with Gasteiger partial charge >= 0.3 is 17.7 Å². The molecule has 1 aliphatic carbocycles. The van der Waals surface area contributed by atoms with Crippen LogP contribution in [0.2, 0.25) is 5.02 Å². The summed E-state index contributed by atoms with van der Waals surface area (Å²) in [5.74, 6) is -10.5. The van der Waals surface area contributed by atoms with Gasteiger partial charge in [0.15, 0.2) is 0 Å². The van der Waals surface area contributed by atoms with Gasteiger partial charge in [0.25, 0.3) is 11.7 Å². The van der Waals surface area contributed by atoms with Crippen LogP contribution in [0.15, 0.2) is 71.8 Å². The second-order valence-corrected chi connectivity index (χ2v) is 18.4. The van der Waals surface area contributed by atoms with Gasteiger partial charge in [0.2, 0.25) is 11.6 Å². The van der Waals surface area contributed by atoms with E-state index < -0.39 is 124 Å². The minimum absolute atomic E-state index is 0.0138. The number of nitrogens with one attached hydrogen (secondary N) is 1. The zero-order valence-electron chi connectivity index (χ0n) is 39.5. The van der Waals surface area contributed by atoms with Gasteiger partial charge in [-0.3, -0.25) is 24.0 Å². The highest BCUT2D eigenvalue weighted by Gasteiger charge is 2.54. The van der Waals surface area contributed by atoms with Crippen LogP contribution in [0.1, 0.15) is 109 Å². The summed E-state index contributed by atoms with van der Waals surface area (Å²) < 4.78 is 35.9. The Morgan fingerprint density at radius 2 is 1.54 bits per heavy atom. The first-order valence-corrected chi connectivity index (χ1v) is 22.6. The molecule has 17 heteroatoms. The van der Waals surface area contributed by atoms with E-state index >= 15 is 9.59 Å². The summed E-state index contributed by atoms with van der Waals surface area (Å²) in [6.45, 7) is 16.2. The summed E-state index contributed by atoms with van der Waals surface area (Å²) in [7, 11) is 1.42. The number of ketones is 3. The molecule has 1 amide bonds. The second-order valence-electron chi connectivity index (χ2n) is 18.0. The van der Waals surface area contributed by atoms with Crippen molar-refractivity contribution in [2.24, 2.45) is 23.7 Å². The Labute approximate surface area is 394 Å². The Morgan fingerprint density at radius 3 is 2.16 bits per heavy atom. The average Bonchev–Trinajstić information content (AvgIpc) is 3.54. The molecule has 5 aliphatic rings. The lowest BCUT2D eigenvalue weighted by molar-refractivity contribution is -0.160. The standard InChI is InChI=1S/C50H59ClN2O14/c1-23-15-14-16-24(2)48(60)52-38-39(53-21-25(3)64-26(4)22-53)43(58)35-36(42(38)57)45(66-49(61)32-17-12-13-18-33(32)51)30(8)46-37(35)47(59)50(10,67-46)63-20-19-34(62-11)27(5)44(65-31(9)54)29(7)41(56)28(6)40(23)55/h12-20,23,25-29,34,40-41,44,55-56H,21-22H2,1-11H3,(H,52,60)/b15-14+,20-19+,24-16-/t23-,25+,26+,27+,28+,29-,34-,40-,41-,44+,50-/m0/s1. The third-order valence-electron chi connectivity index (χ3n) is 12.9. The lowest BCUT2D eigenvalue weighted by Gasteiger charge is -2.39. The summed E-state index contributed by atoms with van der Waals surface area (Å²) in [4.78, 5) is 87.7. The maximum Gasteiger partial charge on any atom is 0.345 e. The van der Waals surface area contributed by atoms with Gasteiger partial charge in [-0.15, -0.1) is 0 Å². The number of nitrogens with zero attached hydrogens (tertiary/aromatic N) is 1. The number of carbonyl (C=O) groups is 6. The molecule has 360 valence electrons. The first-order valence-electron chi connectivity index (χ1n) is 22.2. The summed E-state index contributed by atoms with van der Waals surface area (Å²) in [5, 5.41) is 25.8. The molecule has 1 fully saturated rings. The number of aliphatic hydroxyl groups excluding tert-OH is 2. The number of carbonyl (C=O) groups excluding carboxylic acids is 6. The molecule has 16 nitrogen and oxygen atoms in total. The van der Waals surface area contributed by atoms with Crippen molar-refractivity contribution in [1.82, 2.24) is 10.2 Å². The van der Waals surface area contributed by atoms with Crippen LogP contribution in [0.25, 0.3) is 0 Å². The van der Waals surface area contributed by atoms with E-state index in [-0.39, 0.29) is 51.8 Å². The number of rotatable bonds is 5. The van der Waals surface area contributed by atoms with Gasteiger partial charge in [-0.2, -0.15) is 0 Å². The third kappa shape index (κ3) is 10.00. The molecule has 5 bridgehead atoms. The molecule has 2 aromatic carbocycles. The highest BCUT2D eigenvalue weighted by molar-refractivity contribution is 6.34. The van der Waals surface area contributed by atoms with E-state index in [1.165, 1.54) is 59.1 Å². The van der Waals surface area contributed by atoms with E-state index in [0.717, 1.165) is 6.26 Å². The predicted molar refractivity (Wildman–Crippen MR) is 245 cm³/mol. The van der Waals surface area contributed by atoms with Crippen molar-refractivity contribution in [3.8, 4) is 11.5 Å². The van der Waals surface area contributed by atoms with E-state index in [4.69, 9.17) is 40.0 Å². The summed E-state index contributed by atoms with van der Waals surface area (Å²) in [6.07, 6.45) is 2.36. The van der Waals surface area contributed by atoms with Crippen LogP contribution in [0.3, 0.4) is 0 Å². The molecular formula is C50H59ClN2O14. The van der Waals surface area contributed by atoms with Crippen LogP contribution in [0, 0.1) is 30.6 Å². The lowest BCUT2D eigenvalue weighted by Crippen LogP contribution is -2.49. The van der Waals surface area contributed by atoms with Crippen molar-refractivity contribution >= 4 is 46.8 Å². The van der Waals surface area contributed by atoms with E-state index in [1.807, 2.05) is 0 Å². The fraction of sp³-hybridized carbons (Fsp3) is 0.480. The van der Waals surface area contributed by atoms with E-state index in [1.54, 1.807) is 70.7 Å². The molecular weight excluding hydrogens is 888 g/mol. The molecule has 4 aliphatic heterocycles. The Morgan fingerprint density at radius 1 is 0.881 bits per heavy atom. The van der Waals surface area contributed by atoms with Crippen molar-refractivity contribution in [1.29, 1.82) is 0 Å². The number of esters is 2. The molecule has 1 saturated heterocycles. The van der Waals surface area contributed by atoms with Gasteiger partial charge < -0.3 is 48.9 Å². The van der Waals surface area contributed by atoms with Gasteiger partial charge in [0.1, 0.15) is 29.0 Å². The van der Waals surface area contributed by atoms with Crippen LogP contribution in [-0.2, 0) is 28.5 Å². The number of benzene rings is 2. The highest BCUT2D eigenvalue weighted by Crippen LogP contribution is 2.50. The highest BCUT2D eigenvalue weighted by atomic mass is 35.5. The van der Waals surface area contributed by atoms with Gasteiger partial charge in [-0.05, 0) is 45.9 Å². The Balaban J connectivity index is 1.58. The van der Waals surface area contributed by atoms with Crippen LogP contribution in [0.4, 0.5) is 0 Å². The van der Waals surface area contributed by atoms with Crippen LogP contribution >= 0.6 is 11.6 Å². The van der Waals surface area contributed by atoms with E-state index in [0.29, 0.717) is 0 Å². The molecule has 0 unspecified atom stereocenters. The number of hydrogen-bond donors (Lipinski definition) is 3. The van der Waals surface area contributed by atoms with Crippen molar-refractivity contribution in [2.75, 3.05) is 20.2 Å². The zero-order chi connectivity index (χ0) is 49.4. The number of halogens is 1. The monoisotopic (exact) mass is 946 g/mol. The van der Waals surface area contributed by atoms with Gasteiger partial charge in [0.05, 0.1) is 64.1 Å². The van der Waals surface area contributed by atoms with E-state index in [2.05, 4.69) is 5.32 Å². The van der Waals surface area contributed by atoms with Crippen molar-refractivity contribution in [2.45, 2.75) is 112 Å². The number of ether oxygens (including phenoxy) is 6. The smallest absolute Gasteiger partial charge is 0.345 e. The molecule has 0 aromatic heterocycles. The number of hydrogen-bond acceptors (Lipinski definition) is 15. The molecule has 7 rings (SSSR count). The Kier molecular flexibility index (Phi) is 15.4. The largest absolute Gasteiger partial charge is 0.462 e. The number of amides is 1. The SMILES string of the molecule is CO[C@H]1/C=C/O[C@@]2(C)Oc3c(C)c(OC(=O)c4ccccc4Cl)c4c(c3C2=O)C(=O)C(N2C[C@@H](C)O[C@H](C)C2)=C(NC(=O)/C(C)=C\C=C\[C@H](C)[C@H](O)[C@@H](C)[C@H](O)[C@H](C)[C@H](OC(C)=O)[C@@H]1C)C4=O. The summed E-state index contributed by atoms with van der Waals surface area (Å²) in [6, 6.07) is 6.06. The maximum atomic E-state index is 15.4. The molecule has 0 saturated carbocycles. The minimum Gasteiger partial charge on any atom is -0.462 e. The maximum absolute atomic E-state index is 15.4. The van der Waals surface area contributed by atoms with Crippen molar-refractivity contribution < 1.29 is 67.4 Å². The quantitative estimate of drug-likeness (QED) is 0.224. The Bertz CT molecular complexity index is 2470. The molecule has 0 radical (unpaired) electrons. The fourth-order valence-electron chi connectivity index (χ4n) is 9.23. The van der Waals surface area contributed by atoms with Gasteiger partial charge in [-0.1, -0.05) is 69.7 Å². The number of methoxy groups -OCH3 is 1. The van der Waals surface area contributed by atoms with Crippen molar-refractivity contribution in [3.05, 3.63) is 105 Å². The first-order chi connectivity index (χ1) is 31.5. The Hall–Kier alpha value is -5.65. The molecule has 11 atom stereocenters. The number of aliphatic hydroxyl groups is 2. The number of Topliss-reactive ketones (excluding diaryl/α,β-unsaturated/α-hetero) is 3. The molecule has 4 heterocycles. The molecule has 67 heavy (non-hydrogen) atoms. The molecule has 2 aromatic rings. The average molecular weight is 947 g/mol. The van der Waals surface area contributed by atoms with Crippen LogP contribution in [0.5, 0.6) is 11.5 Å². The number of morpholine rings is 1. The molecule has 0 spiro atoms. The topological polar surface area (TPSA) is 214 Å². The van der Waals surface area contributed by atoms with Gasteiger partial charge in [0, 0.05) is 68.9 Å². The van der Waals surface area contributed by atoms with Crippen molar-refractivity contribution in [3.63, 3.8) is 0 Å². The number of allylic oxidation sites excluding steroid dienone is 4. The lowest BCUT2D eigenvalue weighted by atomic mass is 9.78.